The van der Waals surface area contributed by atoms with Gasteiger partial charge in [-0.25, -0.2) is 4.79 Å². The molecule has 1 aromatic heterocycles. The molecule has 39 heavy (non-hydrogen) atoms. The van der Waals surface area contributed by atoms with Crippen LogP contribution in [0.2, 0.25) is 0 Å². The van der Waals surface area contributed by atoms with Crippen LogP contribution in [0.25, 0.3) is 0 Å². The number of aromatic amines is 1. The van der Waals surface area contributed by atoms with E-state index < -0.39 is 54.3 Å². The second kappa shape index (κ2) is 12.3. The standard InChI is InChI=1S/C21H23N6O9PS2/c1-2-36-37(33,34)8-13(39-21-23-25-26-24-21)12-9-38-19-14(18(30)27(19)15(12)20(31)32)22-17(29)16(35-10-28)11-6-4-3-5-7-11/h3-7,10,13-14,16,19H,2,8-9H2,1H3,(H,22,29)(H,31,32)(H,33,34)(H,23,24,25,26)/t13?,14-,16?,19+/m1/s1. The number of thioether (sulfide) groups is 2. The number of nitrogens with one attached hydrogen (secondary N) is 2. The molecule has 2 amide bonds. The van der Waals surface area contributed by atoms with E-state index >= 15 is 0 Å². The van der Waals surface area contributed by atoms with Gasteiger partial charge in [-0.05, 0) is 17.7 Å². The number of hydrogen-bond donors (Lipinski definition) is 4. The van der Waals surface area contributed by atoms with E-state index in [9.17, 15) is 33.7 Å². The zero-order chi connectivity index (χ0) is 28.2. The lowest BCUT2D eigenvalue weighted by Gasteiger charge is -2.50. The summed E-state index contributed by atoms with van der Waals surface area (Å²) >= 11 is 2.07. The first-order valence-corrected chi connectivity index (χ1v) is 15.1. The smallest absolute Gasteiger partial charge is 0.352 e. The summed E-state index contributed by atoms with van der Waals surface area (Å²) in [7, 11) is -4.15. The highest BCUT2D eigenvalue weighted by Crippen LogP contribution is 2.50. The maximum absolute atomic E-state index is 13.2. The Bertz CT molecular complexity index is 1310. The normalized spacial score (nSPS) is 21.7. The Hall–Kier alpha value is -3.24. The molecule has 4 rings (SSSR count). The lowest BCUT2D eigenvalue weighted by Crippen LogP contribution is -2.71. The van der Waals surface area contributed by atoms with Crippen molar-refractivity contribution in [3.63, 3.8) is 0 Å². The first-order valence-electron chi connectivity index (χ1n) is 11.4. The topological polar surface area (TPSA) is 214 Å². The number of hydrogen-bond acceptors (Lipinski definition) is 12. The summed E-state index contributed by atoms with van der Waals surface area (Å²) in [6.45, 7) is 1.63. The van der Waals surface area contributed by atoms with Crippen molar-refractivity contribution >= 4 is 55.4 Å². The van der Waals surface area contributed by atoms with E-state index in [1.807, 2.05) is 0 Å². The van der Waals surface area contributed by atoms with Gasteiger partial charge in [0.1, 0.15) is 17.1 Å². The van der Waals surface area contributed by atoms with Gasteiger partial charge in [0.25, 0.3) is 18.3 Å². The van der Waals surface area contributed by atoms with Crippen molar-refractivity contribution < 1.29 is 43.0 Å². The maximum atomic E-state index is 13.2. The molecular formula is C21H23N6O9PS2. The fourth-order valence-electron chi connectivity index (χ4n) is 4.11. The fraction of sp³-hybridized carbons (Fsp3) is 0.381. The highest BCUT2D eigenvalue weighted by atomic mass is 32.2. The fourth-order valence-corrected chi connectivity index (χ4v) is 8.42. The van der Waals surface area contributed by atoms with Crippen LogP contribution >= 0.6 is 31.1 Å². The molecule has 0 radical (unpaired) electrons. The van der Waals surface area contributed by atoms with Crippen LogP contribution in [0, 0.1) is 0 Å². The predicted octanol–water partition coefficient (Wildman–Crippen LogP) is 0.535. The van der Waals surface area contributed by atoms with Crippen molar-refractivity contribution in [3.05, 3.63) is 47.2 Å². The first kappa shape index (κ1) is 28.8. The number of aromatic nitrogens is 4. The van der Waals surface area contributed by atoms with Crippen LogP contribution in [0.15, 0.2) is 46.8 Å². The quantitative estimate of drug-likeness (QED) is 0.107. The van der Waals surface area contributed by atoms with Gasteiger partial charge >= 0.3 is 13.6 Å². The van der Waals surface area contributed by atoms with Crippen LogP contribution in [-0.4, -0.2) is 95.0 Å². The van der Waals surface area contributed by atoms with Gasteiger partial charge < -0.3 is 24.6 Å². The third-order valence-corrected chi connectivity index (χ3v) is 9.88. The number of ether oxygens (including phenoxy) is 1. The molecule has 1 saturated heterocycles. The number of rotatable bonds is 13. The number of aliphatic carboxylic acids is 1. The Morgan fingerprint density at radius 3 is 2.74 bits per heavy atom. The van der Waals surface area contributed by atoms with Crippen molar-refractivity contribution in [3.8, 4) is 0 Å². The van der Waals surface area contributed by atoms with Gasteiger partial charge in [-0.1, -0.05) is 42.1 Å². The number of carboxylic acid groups (broad SMARTS) is 1. The van der Waals surface area contributed by atoms with Gasteiger partial charge in [-0.2, -0.15) is 5.21 Å². The number of carbonyl (C=O) groups is 4. The molecule has 208 valence electrons. The zero-order valence-corrected chi connectivity index (χ0v) is 22.7. The van der Waals surface area contributed by atoms with E-state index in [1.54, 1.807) is 37.3 Å². The van der Waals surface area contributed by atoms with Gasteiger partial charge in [0, 0.05) is 16.6 Å². The number of carboxylic acids is 1. The van der Waals surface area contributed by atoms with Crippen LogP contribution in [0.4, 0.5) is 0 Å². The highest BCUT2D eigenvalue weighted by Gasteiger charge is 2.55. The Balaban J connectivity index is 1.59. The maximum Gasteiger partial charge on any atom is 0.352 e. The lowest BCUT2D eigenvalue weighted by molar-refractivity contribution is -0.154. The molecule has 0 saturated carbocycles. The van der Waals surface area contributed by atoms with Crippen molar-refractivity contribution in [1.82, 2.24) is 30.8 Å². The Morgan fingerprint density at radius 2 is 2.13 bits per heavy atom. The minimum absolute atomic E-state index is 0.0428. The van der Waals surface area contributed by atoms with E-state index in [0.29, 0.717) is 5.56 Å². The Kier molecular flexibility index (Phi) is 9.07. The third-order valence-electron chi connectivity index (χ3n) is 5.72. The molecule has 18 heteroatoms. The molecular weight excluding hydrogens is 575 g/mol. The Labute approximate surface area is 229 Å². The first-order chi connectivity index (χ1) is 18.7. The molecule has 0 spiro atoms. The number of H-pyrrole nitrogens is 1. The van der Waals surface area contributed by atoms with E-state index in [1.165, 1.54) is 11.8 Å². The van der Waals surface area contributed by atoms with E-state index in [2.05, 4.69) is 25.9 Å². The molecule has 4 N–H and O–H groups in total. The molecule has 15 nitrogen and oxygen atoms in total. The van der Waals surface area contributed by atoms with E-state index in [4.69, 9.17) is 9.26 Å². The summed E-state index contributed by atoms with van der Waals surface area (Å²) in [6.07, 6.45) is -1.78. The summed E-state index contributed by atoms with van der Waals surface area (Å²) in [4.78, 5) is 60.8. The number of amides is 2. The average molecular weight is 599 g/mol. The van der Waals surface area contributed by atoms with Crippen LogP contribution in [0.5, 0.6) is 0 Å². The summed E-state index contributed by atoms with van der Waals surface area (Å²) in [5.74, 6) is -2.82. The summed E-state index contributed by atoms with van der Waals surface area (Å²) in [5, 5.41) is 24.4. The molecule has 0 aliphatic carbocycles. The minimum atomic E-state index is -4.15. The van der Waals surface area contributed by atoms with Crippen molar-refractivity contribution in [2.75, 3.05) is 18.5 Å². The second-order valence-electron chi connectivity index (χ2n) is 8.14. The van der Waals surface area contributed by atoms with E-state index in [0.717, 1.165) is 16.7 Å². The van der Waals surface area contributed by atoms with E-state index in [-0.39, 0.29) is 35.3 Å². The average Bonchev–Trinajstić information content (AvgIpc) is 3.42. The van der Waals surface area contributed by atoms with Gasteiger partial charge in [0.05, 0.1) is 12.8 Å². The molecule has 2 aliphatic heterocycles. The molecule has 1 aromatic carbocycles. The number of β-lactam (4-membered cyclic amide) rings is 1. The molecule has 0 bridgehead atoms. The molecule has 3 heterocycles. The van der Waals surface area contributed by atoms with Gasteiger partial charge in [0.15, 0.2) is 0 Å². The number of fused-ring (bicyclic) bond motifs is 1. The van der Waals surface area contributed by atoms with Gasteiger partial charge in [-0.3, -0.25) is 23.8 Å². The summed E-state index contributed by atoms with van der Waals surface area (Å²) in [6, 6.07) is 7.11. The molecule has 3 unspecified atom stereocenters. The number of nitrogens with zero attached hydrogens (tertiary/aromatic N) is 4. The third kappa shape index (κ3) is 6.33. The second-order valence-corrected chi connectivity index (χ2v) is 12.3. The summed E-state index contributed by atoms with van der Waals surface area (Å²) in [5.41, 5.74) is 0.215. The number of tetrazole rings is 1. The Morgan fingerprint density at radius 1 is 1.38 bits per heavy atom. The van der Waals surface area contributed by atoms with Crippen LogP contribution in [0.1, 0.15) is 18.6 Å². The molecule has 1 fully saturated rings. The van der Waals surface area contributed by atoms with Crippen LogP contribution < -0.4 is 5.32 Å². The predicted molar refractivity (Wildman–Crippen MR) is 136 cm³/mol. The molecule has 2 aliphatic rings. The van der Waals surface area contributed by atoms with Crippen LogP contribution in [-0.2, 0) is 33.0 Å². The summed E-state index contributed by atoms with van der Waals surface area (Å²) < 4.78 is 22.5. The molecule has 2 aromatic rings. The van der Waals surface area contributed by atoms with Gasteiger partial charge in [-0.15, -0.1) is 22.0 Å². The number of benzene rings is 1. The largest absolute Gasteiger partial charge is 0.477 e. The van der Waals surface area contributed by atoms with Gasteiger partial charge in [0.2, 0.25) is 11.3 Å². The SMILES string of the molecule is CCOP(=O)(O)CC(Sc1nn[nH]n1)C1=C(C(=O)O)N2C(=O)[C@@H](NC(=O)C(OC=O)c3ccccc3)[C@@H]2SC1. The number of carbonyl (C=O) groups excluding carboxylic acids is 3. The minimum Gasteiger partial charge on any atom is -0.477 e. The van der Waals surface area contributed by atoms with Crippen LogP contribution in [0.3, 0.4) is 0 Å². The zero-order valence-electron chi connectivity index (χ0n) is 20.2. The molecule has 5 atom stereocenters. The van der Waals surface area contributed by atoms with Crippen molar-refractivity contribution in [2.24, 2.45) is 0 Å². The monoisotopic (exact) mass is 598 g/mol. The van der Waals surface area contributed by atoms with Crippen molar-refractivity contribution in [1.29, 1.82) is 0 Å². The highest BCUT2D eigenvalue weighted by molar-refractivity contribution is 8.01. The lowest BCUT2D eigenvalue weighted by atomic mass is 10.0. The van der Waals surface area contributed by atoms with Crippen molar-refractivity contribution in [2.45, 2.75) is 34.8 Å².